The van der Waals surface area contributed by atoms with Crippen LogP contribution in [0.3, 0.4) is 0 Å². The van der Waals surface area contributed by atoms with Gasteiger partial charge >= 0.3 is 0 Å². The minimum absolute atomic E-state index is 0.213. The van der Waals surface area contributed by atoms with E-state index in [4.69, 9.17) is 23.2 Å². The smallest absolute Gasteiger partial charge is 0.0499 e. The lowest BCUT2D eigenvalue weighted by molar-refractivity contribution is 0.512. The molecule has 0 bridgehead atoms. The van der Waals surface area contributed by atoms with E-state index in [1.807, 2.05) is 0 Å². The van der Waals surface area contributed by atoms with Crippen LogP contribution in [-0.4, -0.2) is 10.8 Å². The maximum atomic E-state index is 6.14. The second-order valence-corrected chi connectivity index (χ2v) is 4.85. The highest BCUT2D eigenvalue weighted by atomic mass is 35.5. The number of alkyl halides is 2. The summed E-state index contributed by atoms with van der Waals surface area (Å²) in [7, 11) is 0. The zero-order valence-electron chi connectivity index (χ0n) is 7.57. The zero-order valence-corrected chi connectivity index (χ0v) is 9.08. The summed E-state index contributed by atoms with van der Waals surface area (Å²) < 4.78 is 0. The summed E-state index contributed by atoms with van der Waals surface area (Å²) in [4.78, 5) is 0. The third-order valence-corrected chi connectivity index (χ3v) is 3.78. The van der Waals surface area contributed by atoms with Gasteiger partial charge in [-0.3, -0.25) is 0 Å². The summed E-state index contributed by atoms with van der Waals surface area (Å²) in [5, 5.41) is 0.425. The lowest BCUT2D eigenvalue weighted by atomic mass is 10.0. The summed E-state index contributed by atoms with van der Waals surface area (Å²) in [6.45, 7) is 0. The monoisotopic (exact) mass is 208 g/mol. The molecule has 1 fully saturated rings. The highest BCUT2D eigenvalue weighted by molar-refractivity contribution is 6.29. The highest BCUT2D eigenvalue weighted by Gasteiger charge is 2.16. The molecule has 0 radical (unpaired) electrons. The first-order valence-electron chi connectivity index (χ1n) is 5.09. The van der Waals surface area contributed by atoms with E-state index in [9.17, 15) is 0 Å². The largest absolute Gasteiger partial charge is 0.121 e. The number of rotatable bonds is 0. The van der Waals surface area contributed by atoms with Gasteiger partial charge in [-0.05, 0) is 12.8 Å². The van der Waals surface area contributed by atoms with E-state index < -0.39 is 0 Å². The molecule has 12 heavy (non-hydrogen) atoms. The van der Waals surface area contributed by atoms with Crippen LogP contribution < -0.4 is 0 Å². The number of halogens is 2. The molecule has 1 rings (SSSR count). The Morgan fingerprint density at radius 2 is 0.917 bits per heavy atom. The molecule has 0 amide bonds. The highest BCUT2D eigenvalue weighted by Crippen LogP contribution is 2.24. The topological polar surface area (TPSA) is 0 Å². The quantitative estimate of drug-likeness (QED) is 0.520. The molecule has 0 aromatic rings. The van der Waals surface area contributed by atoms with E-state index in [1.165, 1.54) is 38.5 Å². The van der Waals surface area contributed by atoms with Gasteiger partial charge in [0.05, 0.1) is 0 Å². The van der Waals surface area contributed by atoms with Crippen LogP contribution in [0.1, 0.15) is 51.4 Å². The van der Waals surface area contributed by atoms with Crippen LogP contribution in [0.5, 0.6) is 0 Å². The van der Waals surface area contributed by atoms with Gasteiger partial charge in [0.1, 0.15) is 0 Å². The Kier molecular flexibility index (Phi) is 5.42. The van der Waals surface area contributed by atoms with E-state index >= 15 is 0 Å². The van der Waals surface area contributed by atoms with Crippen molar-refractivity contribution in [3.05, 3.63) is 0 Å². The normalized spacial score (nSPS) is 34.5. The molecular formula is C10H18Cl2. The van der Waals surface area contributed by atoms with Gasteiger partial charge in [-0.25, -0.2) is 0 Å². The van der Waals surface area contributed by atoms with Gasteiger partial charge in [0.15, 0.2) is 0 Å². The maximum Gasteiger partial charge on any atom is 0.0499 e. The molecule has 2 atom stereocenters. The van der Waals surface area contributed by atoms with Gasteiger partial charge in [0.2, 0.25) is 0 Å². The van der Waals surface area contributed by atoms with E-state index in [0.29, 0.717) is 0 Å². The van der Waals surface area contributed by atoms with Crippen LogP contribution >= 0.6 is 23.2 Å². The van der Waals surface area contributed by atoms with Crippen molar-refractivity contribution in [3.8, 4) is 0 Å². The van der Waals surface area contributed by atoms with Gasteiger partial charge < -0.3 is 0 Å². The fourth-order valence-electron chi connectivity index (χ4n) is 1.75. The summed E-state index contributed by atoms with van der Waals surface area (Å²) in [6.07, 6.45) is 10.2. The Morgan fingerprint density at radius 3 is 1.33 bits per heavy atom. The molecule has 1 saturated carbocycles. The van der Waals surface area contributed by atoms with Crippen molar-refractivity contribution in [2.75, 3.05) is 0 Å². The molecule has 72 valence electrons. The Morgan fingerprint density at radius 1 is 0.583 bits per heavy atom. The molecule has 0 aromatic heterocycles. The van der Waals surface area contributed by atoms with Crippen molar-refractivity contribution in [1.29, 1.82) is 0 Å². The van der Waals surface area contributed by atoms with Crippen LogP contribution in [0.25, 0.3) is 0 Å². The van der Waals surface area contributed by atoms with Gasteiger partial charge in [-0.2, -0.15) is 0 Å². The molecule has 0 aromatic carbocycles. The predicted octanol–water partition coefficient (Wildman–Crippen LogP) is 4.34. The van der Waals surface area contributed by atoms with Gasteiger partial charge in [0.25, 0.3) is 0 Å². The number of hydrogen-bond acceptors (Lipinski definition) is 0. The first kappa shape index (κ1) is 10.7. The molecule has 0 saturated heterocycles. The Labute approximate surface area is 85.6 Å². The molecule has 2 unspecified atom stereocenters. The van der Waals surface area contributed by atoms with E-state index in [-0.39, 0.29) is 10.8 Å². The summed E-state index contributed by atoms with van der Waals surface area (Å²) >= 11 is 12.3. The molecule has 0 nitrogen and oxygen atoms in total. The standard InChI is InChI=1S/C10H18Cl2/c11-9-7-5-3-1-2-4-6-8-10(9)12/h9-10H,1-8H2. The van der Waals surface area contributed by atoms with Crippen molar-refractivity contribution in [2.24, 2.45) is 0 Å². The van der Waals surface area contributed by atoms with E-state index in [2.05, 4.69) is 0 Å². The summed E-state index contributed by atoms with van der Waals surface area (Å²) in [6, 6.07) is 0. The van der Waals surface area contributed by atoms with Crippen LogP contribution in [-0.2, 0) is 0 Å². The molecule has 2 heteroatoms. The average Bonchev–Trinajstić information content (AvgIpc) is 2.08. The fourth-order valence-corrected chi connectivity index (χ4v) is 2.31. The van der Waals surface area contributed by atoms with E-state index in [1.54, 1.807) is 0 Å². The second-order valence-electron chi connectivity index (χ2n) is 3.73. The lowest BCUT2D eigenvalue weighted by Gasteiger charge is -2.17. The van der Waals surface area contributed by atoms with E-state index in [0.717, 1.165) is 12.8 Å². The SMILES string of the molecule is ClC1CCCCCCCCC1Cl. The zero-order chi connectivity index (χ0) is 8.81. The first-order valence-corrected chi connectivity index (χ1v) is 5.96. The van der Waals surface area contributed by atoms with Crippen LogP contribution in [0.15, 0.2) is 0 Å². The predicted molar refractivity (Wildman–Crippen MR) is 56.2 cm³/mol. The summed E-state index contributed by atoms with van der Waals surface area (Å²) in [5.74, 6) is 0. The van der Waals surface area contributed by atoms with Crippen LogP contribution in [0, 0.1) is 0 Å². The van der Waals surface area contributed by atoms with Crippen molar-refractivity contribution in [3.63, 3.8) is 0 Å². The Hall–Kier alpha value is 0.580. The number of hydrogen-bond donors (Lipinski definition) is 0. The molecule has 0 spiro atoms. The minimum Gasteiger partial charge on any atom is -0.121 e. The van der Waals surface area contributed by atoms with Crippen molar-refractivity contribution < 1.29 is 0 Å². The Balaban J connectivity index is 2.26. The van der Waals surface area contributed by atoms with Crippen molar-refractivity contribution >= 4 is 23.2 Å². The maximum absolute atomic E-state index is 6.14. The molecule has 0 aliphatic heterocycles. The minimum atomic E-state index is 0.213. The van der Waals surface area contributed by atoms with Crippen molar-refractivity contribution in [1.82, 2.24) is 0 Å². The second kappa shape index (κ2) is 6.10. The molecule has 0 N–H and O–H groups in total. The molecule has 0 heterocycles. The molecule has 1 aliphatic carbocycles. The van der Waals surface area contributed by atoms with Gasteiger partial charge in [0, 0.05) is 10.8 Å². The van der Waals surface area contributed by atoms with Crippen LogP contribution in [0.2, 0.25) is 0 Å². The van der Waals surface area contributed by atoms with Gasteiger partial charge in [-0.15, -0.1) is 23.2 Å². The molecule has 1 aliphatic rings. The van der Waals surface area contributed by atoms with Crippen molar-refractivity contribution in [2.45, 2.75) is 62.1 Å². The third kappa shape index (κ3) is 4.00. The average molecular weight is 209 g/mol. The summed E-state index contributed by atoms with van der Waals surface area (Å²) in [5.41, 5.74) is 0. The fraction of sp³-hybridized carbons (Fsp3) is 1.00. The molecular weight excluding hydrogens is 191 g/mol. The lowest BCUT2D eigenvalue weighted by Crippen LogP contribution is -2.15. The Bertz CT molecular complexity index is 100. The van der Waals surface area contributed by atoms with Gasteiger partial charge in [-0.1, -0.05) is 38.5 Å². The van der Waals surface area contributed by atoms with Crippen LogP contribution in [0.4, 0.5) is 0 Å². The third-order valence-electron chi connectivity index (χ3n) is 2.60. The first-order chi connectivity index (χ1) is 5.80.